The highest BCUT2D eigenvalue weighted by molar-refractivity contribution is 7.90. The van der Waals surface area contributed by atoms with Crippen molar-refractivity contribution in [3.8, 4) is 0 Å². The molecule has 0 bridgehead atoms. The first kappa shape index (κ1) is 18.4. The summed E-state index contributed by atoms with van der Waals surface area (Å²) >= 11 is 0. The summed E-state index contributed by atoms with van der Waals surface area (Å²) in [6, 6.07) is 0.210. The number of halogens is 3. The van der Waals surface area contributed by atoms with E-state index in [0.29, 0.717) is 21.9 Å². The number of aromatic nitrogens is 3. The summed E-state index contributed by atoms with van der Waals surface area (Å²) in [7, 11) is -5.41. The molecule has 1 aliphatic heterocycles. The van der Waals surface area contributed by atoms with Gasteiger partial charge in [-0.3, -0.25) is 5.32 Å². The highest BCUT2D eigenvalue weighted by Crippen LogP contribution is 2.29. The minimum Gasteiger partial charge on any atom is -0.345 e. The first-order valence-electron chi connectivity index (χ1n) is 7.61. The molecule has 2 aromatic rings. The van der Waals surface area contributed by atoms with Crippen LogP contribution in [0.5, 0.6) is 0 Å². The summed E-state index contributed by atoms with van der Waals surface area (Å²) < 4.78 is 61.2. The molecule has 2 amide bonds. The van der Waals surface area contributed by atoms with E-state index in [-0.39, 0.29) is 18.8 Å². The number of anilines is 1. The second kappa shape index (κ2) is 6.72. The highest BCUT2D eigenvalue weighted by atomic mass is 32.2. The molecular formula is C13H15F3N6O3S. The monoisotopic (exact) mass is 392 g/mol. The molecule has 3 heterocycles. The molecule has 1 unspecified atom stereocenters. The van der Waals surface area contributed by atoms with Crippen LogP contribution in [-0.2, 0) is 10.0 Å². The van der Waals surface area contributed by atoms with Crippen LogP contribution in [0.1, 0.15) is 12.8 Å². The first-order chi connectivity index (χ1) is 12.2. The van der Waals surface area contributed by atoms with E-state index in [0.717, 1.165) is 0 Å². The molecule has 0 spiro atoms. The third-order valence-electron chi connectivity index (χ3n) is 3.85. The maximum Gasteiger partial charge on any atom is 0.511 e. The van der Waals surface area contributed by atoms with Gasteiger partial charge in [-0.1, -0.05) is 0 Å². The molecule has 13 heteroatoms. The molecule has 1 atom stereocenters. The van der Waals surface area contributed by atoms with Crippen LogP contribution < -0.4 is 10.6 Å². The van der Waals surface area contributed by atoms with E-state index < -0.39 is 34.1 Å². The van der Waals surface area contributed by atoms with Crippen LogP contribution in [0.25, 0.3) is 11.2 Å². The number of rotatable bonds is 3. The van der Waals surface area contributed by atoms with Gasteiger partial charge in [-0.25, -0.2) is 23.2 Å². The van der Waals surface area contributed by atoms with Gasteiger partial charge in [0.25, 0.3) is 0 Å². The number of carbonyl (C=O) groups is 1. The maximum absolute atomic E-state index is 12.6. The number of urea groups is 1. The minimum absolute atomic E-state index is 0.158. The van der Waals surface area contributed by atoms with Crippen molar-refractivity contribution >= 4 is 33.0 Å². The molecule has 3 rings (SSSR count). The standard InChI is InChI=1S/C13H15F3N6O3S/c14-13(15,16)26(24,25)22-5-1-2-8(7-22)19-12(23)21-10-6-18-11-9(20-10)3-4-17-11/h3-4,6,8H,1-2,5,7H2,(H,17,18)(H2,19,20,21,23). The van der Waals surface area contributed by atoms with Crippen molar-refractivity contribution < 1.29 is 26.4 Å². The molecule has 0 saturated carbocycles. The fourth-order valence-electron chi connectivity index (χ4n) is 2.65. The lowest BCUT2D eigenvalue weighted by atomic mass is 10.1. The molecule has 0 aliphatic carbocycles. The average Bonchev–Trinajstić information content (AvgIpc) is 3.01. The van der Waals surface area contributed by atoms with Gasteiger partial charge in [-0.2, -0.15) is 17.5 Å². The first-order valence-corrected chi connectivity index (χ1v) is 9.05. The third-order valence-corrected chi connectivity index (χ3v) is 5.45. The zero-order valence-electron chi connectivity index (χ0n) is 13.2. The molecule has 1 saturated heterocycles. The summed E-state index contributed by atoms with van der Waals surface area (Å²) in [5, 5.41) is 4.89. The van der Waals surface area contributed by atoms with Crippen LogP contribution in [0.15, 0.2) is 18.5 Å². The largest absolute Gasteiger partial charge is 0.511 e. The number of amides is 2. The molecule has 0 aromatic carbocycles. The van der Waals surface area contributed by atoms with Gasteiger partial charge in [-0.05, 0) is 18.9 Å². The van der Waals surface area contributed by atoms with Crippen molar-refractivity contribution in [1.29, 1.82) is 0 Å². The Hall–Kier alpha value is -2.41. The fraction of sp³-hybridized carbons (Fsp3) is 0.462. The molecule has 2 aromatic heterocycles. The zero-order valence-corrected chi connectivity index (χ0v) is 14.1. The lowest BCUT2D eigenvalue weighted by Gasteiger charge is -2.32. The van der Waals surface area contributed by atoms with Crippen molar-refractivity contribution in [3.05, 3.63) is 18.5 Å². The van der Waals surface area contributed by atoms with Gasteiger partial charge in [0.2, 0.25) is 0 Å². The highest BCUT2D eigenvalue weighted by Gasteiger charge is 2.50. The molecular weight excluding hydrogens is 377 g/mol. The summed E-state index contributed by atoms with van der Waals surface area (Å²) in [6.45, 7) is -0.685. The maximum atomic E-state index is 12.6. The summed E-state index contributed by atoms with van der Waals surface area (Å²) in [6.07, 6.45) is 3.51. The number of aromatic amines is 1. The number of nitrogens with one attached hydrogen (secondary N) is 3. The smallest absolute Gasteiger partial charge is 0.345 e. The number of H-pyrrole nitrogens is 1. The molecule has 142 valence electrons. The minimum atomic E-state index is -5.41. The SMILES string of the molecule is O=C(Nc1cnc2[nH]ccc2n1)NC1CCCN(S(=O)(=O)C(F)(F)F)C1. The molecule has 26 heavy (non-hydrogen) atoms. The Balaban J connectivity index is 1.62. The van der Waals surface area contributed by atoms with E-state index in [1.165, 1.54) is 6.20 Å². The number of sulfonamides is 1. The number of nitrogens with zero attached hydrogens (tertiary/aromatic N) is 3. The Morgan fingerprint density at radius 2 is 2.15 bits per heavy atom. The average molecular weight is 392 g/mol. The number of fused-ring (bicyclic) bond motifs is 1. The lowest BCUT2D eigenvalue weighted by molar-refractivity contribution is -0.0495. The van der Waals surface area contributed by atoms with Crippen LogP contribution in [0.4, 0.5) is 23.8 Å². The van der Waals surface area contributed by atoms with Gasteiger partial charge < -0.3 is 10.3 Å². The predicted molar refractivity (Wildman–Crippen MR) is 85.6 cm³/mol. The van der Waals surface area contributed by atoms with Crippen LogP contribution in [-0.4, -0.2) is 58.3 Å². The summed E-state index contributed by atoms with van der Waals surface area (Å²) in [4.78, 5) is 23.0. The van der Waals surface area contributed by atoms with Crippen LogP contribution in [0.2, 0.25) is 0 Å². The topological polar surface area (TPSA) is 120 Å². The van der Waals surface area contributed by atoms with E-state index in [4.69, 9.17) is 0 Å². The molecule has 0 radical (unpaired) electrons. The number of alkyl halides is 3. The molecule has 9 nitrogen and oxygen atoms in total. The van der Waals surface area contributed by atoms with Crippen molar-refractivity contribution in [3.63, 3.8) is 0 Å². The lowest BCUT2D eigenvalue weighted by Crippen LogP contribution is -2.53. The van der Waals surface area contributed by atoms with E-state index in [1.807, 2.05) is 0 Å². The number of carbonyl (C=O) groups excluding carboxylic acids is 1. The van der Waals surface area contributed by atoms with Crippen molar-refractivity contribution in [2.75, 3.05) is 18.4 Å². The van der Waals surface area contributed by atoms with Crippen LogP contribution in [0.3, 0.4) is 0 Å². The van der Waals surface area contributed by atoms with Gasteiger partial charge in [0.1, 0.15) is 5.52 Å². The van der Waals surface area contributed by atoms with Crippen molar-refractivity contribution in [1.82, 2.24) is 24.6 Å². The van der Waals surface area contributed by atoms with Crippen molar-refractivity contribution in [2.24, 2.45) is 0 Å². The number of piperidine rings is 1. The zero-order chi connectivity index (χ0) is 18.9. The van der Waals surface area contributed by atoms with Gasteiger partial charge in [0.15, 0.2) is 11.5 Å². The van der Waals surface area contributed by atoms with Crippen molar-refractivity contribution in [2.45, 2.75) is 24.4 Å². The van der Waals surface area contributed by atoms with E-state index in [9.17, 15) is 26.4 Å². The van der Waals surface area contributed by atoms with E-state index >= 15 is 0 Å². The molecule has 1 fully saturated rings. The second-order valence-corrected chi connectivity index (χ2v) is 7.64. The predicted octanol–water partition coefficient (Wildman–Crippen LogP) is 1.39. The van der Waals surface area contributed by atoms with Crippen LogP contribution >= 0.6 is 0 Å². The number of hydrogen-bond acceptors (Lipinski definition) is 5. The van der Waals surface area contributed by atoms with E-state index in [1.54, 1.807) is 12.3 Å². The summed E-state index contributed by atoms with van der Waals surface area (Å²) in [5.74, 6) is 0.158. The van der Waals surface area contributed by atoms with Gasteiger partial charge in [0.05, 0.1) is 6.20 Å². The summed E-state index contributed by atoms with van der Waals surface area (Å²) in [5.41, 5.74) is -4.29. The van der Waals surface area contributed by atoms with Crippen LogP contribution in [0, 0.1) is 0 Å². The third kappa shape index (κ3) is 3.72. The number of hydrogen-bond donors (Lipinski definition) is 3. The second-order valence-electron chi connectivity index (χ2n) is 5.71. The molecule has 3 N–H and O–H groups in total. The Labute approximate surface area is 146 Å². The van der Waals surface area contributed by atoms with Gasteiger partial charge in [0, 0.05) is 25.3 Å². The Morgan fingerprint density at radius 1 is 1.38 bits per heavy atom. The van der Waals surface area contributed by atoms with Gasteiger partial charge in [-0.15, -0.1) is 0 Å². The van der Waals surface area contributed by atoms with Gasteiger partial charge >= 0.3 is 21.6 Å². The Bertz CT molecular complexity index is 913. The normalized spacial score (nSPS) is 19.4. The van der Waals surface area contributed by atoms with E-state index in [2.05, 4.69) is 25.6 Å². The quantitative estimate of drug-likeness (QED) is 0.729. The Kier molecular flexibility index (Phi) is 4.75. The Morgan fingerprint density at radius 3 is 2.88 bits per heavy atom. The molecule has 1 aliphatic rings. The fourth-order valence-corrected chi connectivity index (χ4v) is 3.69.